The Labute approximate surface area is 60.3 Å². The molecule has 0 spiro atoms. The lowest BCUT2D eigenvalue weighted by molar-refractivity contribution is -0.248. The zero-order valence-corrected chi connectivity index (χ0v) is 6.35. The van der Waals surface area contributed by atoms with Crippen LogP contribution in [0.1, 0.15) is 19.8 Å². The molecule has 0 unspecified atom stereocenters. The molecule has 0 atom stereocenters. The van der Waals surface area contributed by atoms with Crippen molar-refractivity contribution in [3.8, 4) is 0 Å². The molecule has 58 valence electrons. The second-order valence-electron chi connectivity index (χ2n) is 2.44. The van der Waals surface area contributed by atoms with Crippen LogP contribution in [0.5, 0.6) is 0 Å². The van der Waals surface area contributed by atoms with E-state index in [0.717, 1.165) is 0 Å². The maximum absolute atomic E-state index is 10.6. The molecule has 1 fully saturated rings. The van der Waals surface area contributed by atoms with Crippen LogP contribution in [0, 0.1) is 0 Å². The highest BCUT2D eigenvalue weighted by Crippen LogP contribution is 2.32. The summed E-state index contributed by atoms with van der Waals surface area (Å²) in [5.74, 6) is -0.346. The zero-order chi connectivity index (χ0) is 7.61. The highest BCUT2D eigenvalue weighted by Gasteiger charge is 2.44. The van der Waals surface area contributed by atoms with Gasteiger partial charge < -0.3 is 9.47 Å². The van der Waals surface area contributed by atoms with Crippen molar-refractivity contribution in [2.45, 2.75) is 25.6 Å². The number of hydrogen-bond acceptors (Lipinski definition) is 3. The Morgan fingerprint density at radius 2 is 2.20 bits per heavy atom. The quantitative estimate of drug-likeness (QED) is 0.548. The number of Topliss-reactive ketones (excluding diaryl/α,β-unsaturated/α-hetero) is 1. The smallest absolute Gasteiger partial charge is 0.181 e. The topological polar surface area (TPSA) is 35.5 Å². The van der Waals surface area contributed by atoms with Gasteiger partial charge in [-0.1, -0.05) is 0 Å². The molecular weight excluding hydrogens is 132 g/mol. The summed E-state index contributed by atoms with van der Waals surface area (Å²) in [6.07, 6.45) is 0.828. The Kier molecular flexibility index (Phi) is 2.06. The Hall–Kier alpha value is -0.410. The summed E-state index contributed by atoms with van der Waals surface area (Å²) in [5.41, 5.74) is 0. The molecule has 0 saturated heterocycles. The molecule has 0 aromatic heterocycles. The van der Waals surface area contributed by atoms with E-state index in [-0.39, 0.29) is 5.78 Å². The van der Waals surface area contributed by atoms with Crippen molar-refractivity contribution >= 4 is 5.78 Å². The van der Waals surface area contributed by atoms with Crippen LogP contribution in [0.2, 0.25) is 0 Å². The second kappa shape index (κ2) is 2.68. The van der Waals surface area contributed by atoms with Gasteiger partial charge in [-0.15, -0.1) is 0 Å². The third-order valence-corrected chi connectivity index (χ3v) is 1.71. The van der Waals surface area contributed by atoms with E-state index in [0.29, 0.717) is 19.4 Å². The molecule has 1 aliphatic carbocycles. The maximum atomic E-state index is 10.6. The van der Waals surface area contributed by atoms with E-state index in [1.807, 2.05) is 6.92 Å². The van der Waals surface area contributed by atoms with Crippen molar-refractivity contribution in [2.75, 3.05) is 13.7 Å². The summed E-state index contributed by atoms with van der Waals surface area (Å²) < 4.78 is 10.3. The van der Waals surface area contributed by atoms with E-state index >= 15 is 0 Å². The highest BCUT2D eigenvalue weighted by atomic mass is 16.7. The van der Waals surface area contributed by atoms with E-state index in [2.05, 4.69) is 0 Å². The first kappa shape index (κ1) is 7.69. The summed E-state index contributed by atoms with van der Waals surface area (Å²) in [6.45, 7) is 2.49. The normalized spacial score (nSPS) is 22.4. The minimum Gasteiger partial charge on any atom is -0.352 e. The number of hydrogen-bond donors (Lipinski definition) is 0. The van der Waals surface area contributed by atoms with E-state index < -0.39 is 5.79 Å². The average Bonchev–Trinajstić information content (AvgIpc) is 1.84. The van der Waals surface area contributed by atoms with Gasteiger partial charge in [0.25, 0.3) is 0 Å². The molecule has 0 aromatic carbocycles. The second-order valence-corrected chi connectivity index (χ2v) is 2.44. The largest absolute Gasteiger partial charge is 0.352 e. The molecule has 10 heavy (non-hydrogen) atoms. The molecule has 0 radical (unpaired) electrons. The van der Waals surface area contributed by atoms with Gasteiger partial charge >= 0.3 is 0 Å². The highest BCUT2D eigenvalue weighted by molar-refractivity contribution is 5.86. The van der Waals surface area contributed by atoms with Gasteiger partial charge in [0.15, 0.2) is 5.79 Å². The molecule has 0 amide bonds. The summed E-state index contributed by atoms with van der Waals surface area (Å²) in [6, 6.07) is 0. The van der Waals surface area contributed by atoms with Crippen molar-refractivity contribution in [1.29, 1.82) is 0 Å². The molecule has 1 rings (SSSR count). The first-order valence-electron chi connectivity index (χ1n) is 3.43. The zero-order valence-electron chi connectivity index (χ0n) is 6.35. The molecule has 0 bridgehead atoms. The van der Waals surface area contributed by atoms with Crippen molar-refractivity contribution in [3.05, 3.63) is 0 Å². The predicted octanol–water partition coefficient (Wildman–Crippen LogP) is 0.729. The Balaban J connectivity index is 2.39. The van der Waals surface area contributed by atoms with Crippen LogP contribution in [0.4, 0.5) is 0 Å². The molecule has 0 N–H and O–H groups in total. The summed E-state index contributed by atoms with van der Waals surface area (Å²) in [4.78, 5) is 10.6. The number of ether oxygens (including phenoxy) is 2. The first-order chi connectivity index (χ1) is 4.72. The number of carbonyl (C=O) groups is 1. The fourth-order valence-electron chi connectivity index (χ4n) is 1.12. The van der Waals surface area contributed by atoms with Crippen molar-refractivity contribution < 1.29 is 14.3 Å². The minimum absolute atomic E-state index is 0.218. The third kappa shape index (κ3) is 1.20. The summed E-state index contributed by atoms with van der Waals surface area (Å²) in [7, 11) is 1.57. The van der Waals surface area contributed by atoms with Gasteiger partial charge in [-0.25, -0.2) is 0 Å². The van der Waals surface area contributed by atoms with Crippen LogP contribution < -0.4 is 0 Å². The van der Waals surface area contributed by atoms with Crippen molar-refractivity contribution in [2.24, 2.45) is 0 Å². The fraction of sp³-hybridized carbons (Fsp3) is 0.857. The molecule has 0 heterocycles. The van der Waals surface area contributed by atoms with Gasteiger partial charge in [0, 0.05) is 13.7 Å². The van der Waals surface area contributed by atoms with Crippen molar-refractivity contribution in [1.82, 2.24) is 0 Å². The van der Waals surface area contributed by atoms with Crippen LogP contribution in [0.3, 0.4) is 0 Å². The first-order valence-corrected chi connectivity index (χ1v) is 3.43. The summed E-state index contributed by atoms with van der Waals surface area (Å²) in [5, 5.41) is 0. The van der Waals surface area contributed by atoms with Gasteiger partial charge in [-0.2, -0.15) is 0 Å². The number of rotatable bonds is 3. The minimum atomic E-state index is -0.564. The lowest BCUT2D eigenvalue weighted by Crippen LogP contribution is -2.48. The fourth-order valence-corrected chi connectivity index (χ4v) is 1.12. The van der Waals surface area contributed by atoms with Crippen molar-refractivity contribution in [3.63, 3.8) is 0 Å². The lowest BCUT2D eigenvalue weighted by atomic mass is 9.89. The Morgan fingerprint density at radius 3 is 2.50 bits per heavy atom. The van der Waals surface area contributed by atoms with E-state index in [1.54, 1.807) is 7.11 Å². The van der Waals surface area contributed by atoms with Crippen LogP contribution in [0.15, 0.2) is 0 Å². The molecule has 1 saturated carbocycles. The maximum Gasteiger partial charge on any atom is 0.181 e. The van der Waals surface area contributed by atoms with Crippen LogP contribution >= 0.6 is 0 Å². The monoisotopic (exact) mass is 144 g/mol. The average molecular weight is 144 g/mol. The predicted molar refractivity (Wildman–Crippen MR) is 35.6 cm³/mol. The van der Waals surface area contributed by atoms with E-state index in [1.165, 1.54) is 0 Å². The van der Waals surface area contributed by atoms with Crippen LogP contribution in [0.25, 0.3) is 0 Å². The van der Waals surface area contributed by atoms with Gasteiger partial charge in [0.1, 0.15) is 5.78 Å². The summed E-state index contributed by atoms with van der Waals surface area (Å²) >= 11 is 0. The molecule has 1 aliphatic rings. The standard InChI is InChI=1S/C7H12O3/c1-3-10-7(9-2)4-6(8)5-7/h3-5H2,1-2H3. The van der Waals surface area contributed by atoms with Gasteiger partial charge in [0.05, 0.1) is 12.8 Å². The number of ketones is 1. The number of carbonyl (C=O) groups excluding carboxylic acids is 1. The molecule has 0 aliphatic heterocycles. The van der Waals surface area contributed by atoms with Gasteiger partial charge in [-0.05, 0) is 6.92 Å². The van der Waals surface area contributed by atoms with Crippen LogP contribution in [-0.2, 0) is 14.3 Å². The van der Waals surface area contributed by atoms with Crippen LogP contribution in [-0.4, -0.2) is 25.3 Å². The molecule has 0 aromatic rings. The number of methoxy groups -OCH3 is 1. The molecule has 3 nitrogen and oxygen atoms in total. The Morgan fingerprint density at radius 1 is 1.60 bits per heavy atom. The van der Waals surface area contributed by atoms with Gasteiger partial charge in [-0.3, -0.25) is 4.79 Å². The Bertz CT molecular complexity index is 134. The van der Waals surface area contributed by atoms with E-state index in [9.17, 15) is 4.79 Å². The van der Waals surface area contributed by atoms with E-state index in [4.69, 9.17) is 9.47 Å². The molecule has 3 heteroatoms. The molecular formula is C7H12O3. The SMILES string of the molecule is CCOC1(OC)CC(=O)C1. The van der Waals surface area contributed by atoms with Gasteiger partial charge in [0.2, 0.25) is 0 Å². The lowest BCUT2D eigenvalue weighted by Gasteiger charge is -2.38. The third-order valence-electron chi connectivity index (χ3n) is 1.71.